The van der Waals surface area contributed by atoms with Gasteiger partial charge in [0.15, 0.2) is 0 Å². The van der Waals surface area contributed by atoms with Crippen LogP contribution in [-0.4, -0.2) is 22.4 Å². The topological polar surface area (TPSA) is 40.5 Å². The van der Waals surface area contributed by atoms with E-state index in [1.54, 1.807) is 0 Å². The van der Waals surface area contributed by atoms with Crippen molar-refractivity contribution in [3.63, 3.8) is 0 Å². The summed E-state index contributed by atoms with van der Waals surface area (Å²) in [5.74, 6) is 1.58. The maximum atomic E-state index is 9.55. The number of hydrogen-bond donors (Lipinski definition) is 2. The van der Waals surface area contributed by atoms with Crippen LogP contribution in [0.4, 0.5) is 0 Å². The number of hydrogen-bond acceptors (Lipinski definition) is 2. The SMILES string of the molecule is OC1C=CC2C1C1C=CC(O)C21. The first kappa shape index (κ1) is 6.87. The van der Waals surface area contributed by atoms with Gasteiger partial charge in [0, 0.05) is 11.8 Å². The number of rotatable bonds is 0. The van der Waals surface area contributed by atoms with Crippen LogP contribution in [0.2, 0.25) is 0 Å². The van der Waals surface area contributed by atoms with Crippen LogP contribution in [0, 0.1) is 23.7 Å². The van der Waals surface area contributed by atoms with Gasteiger partial charge in [0.2, 0.25) is 0 Å². The summed E-state index contributed by atoms with van der Waals surface area (Å²) in [6.07, 6.45) is 7.32. The second-order valence-electron chi connectivity index (χ2n) is 4.06. The molecule has 0 amide bonds. The van der Waals surface area contributed by atoms with E-state index in [4.69, 9.17) is 0 Å². The summed E-state index contributed by atoms with van der Waals surface area (Å²) >= 11 is 0. The van der Waals surface area contributed by atoms with Gasteiger partial charge in [-0.05, 0) is 11.8 Å². The molecule has 0 saturated heterocycles. The Kier molecular flexibility index (Phi) is 1.15. The van der Waals surface area contributed by atoms with Crippen LogP contribution in [0.3, 0.4) is 0 Å². The molecule has 2 N–H and O–H groups in total. The van der Waals surface area contributed by atoms with Gasteiger partial charge in [-0.15, -0.1) is 0 Å². The lowest BCUT2D eigenvalue weighted by atomic mass is 9.58. The summed E-state index contributed by atoms with van der Waals surface area (Å²) < 4.78 is 0. The summed E-state index contributed by atoms with van der Waals surface area (Å²) in [5, 5.41) is 19.1. The number of aliphatic hydroxyl groups is 2. The molecular weight excluding hydrogens is 152 g/mol. The Morgan fingerprint density at radius 2 is 1.08 bits per heavy atom. The van der Waals surface area contributed by atoms with Gasteiger partial charge in [-0.25, -0.2) is 0 Å². The fourth-order valence-corrected chi connectivity index (χ4v) is 3.05. The largest absolute Gasteiger partial charge is 0.389 e. The first-order chi connectivity index (χ1) is 5.79. The van der Waals surface area contributed by atoms with E-state index >= 15 is 0 Å². The van der Waals surface area contributed by atoms with E-state index < -0.39 is 0 Å². The Morgan fingerprint density at radius 1 is 0.667 bits per heavy atom. The average Bonchev–Trinajstić information content (AvgIpc) is 2.41. The zero-order chi connectivity index (χ0) is 8.29. The normalized spacial score (nSPS) is 59.8. The zero-order valence-corrected chi connectivity index (χ0v) is 6.67. The Morgan fingerprint density at radius 3 is 1.50 bits per heavy atom. The molecule has 2 nitrogen and oxygen atoms in total. The van der Waals surface area contributed by atoms with Gasteiger partial charge in [0.1, 0.15) is 0 Å². The summed E-state index contributed by atoms with van der Waals surface area (Å²) in [7, 11) is 0. The summed E-state index contributed by atoms with van der Waals surface area (Å²) in [4.78, 5) is 0. The molecule has 1 saturated carbocycles. The van der Waals surface area contributed by atoms with Crippen molar-refractivity contribution in [3.05, 3.63) is 24.3 Å². The Labute approximate surface area is 71.2 Å². The van der Waals surface area contributed by atoms with E-state index in [2.05, 4.69) is 12.2 Å². The number of aliphatic hydroxyl groups excluding tert-OH is 2. The van der Waals surface area contributed by atoms with Crippen molar-refractivity contribution in [2.75, 3.05) is 0 Å². The van der Waals surface area contributed by atoms with Gasteiger partial charge in [0.25, 0.3) is 0 Å². The van der Waals surface area contributed by atoms with Gasteiger partial charge in [-0.2, -0.15) is 0 Å². The smallest absolute Gasteiger partial charge is 0.0760 e. The predicted octanol–water partition coefficient (Wildman–Crippen LogP) is 0.326. The van der Waals surface area contributed by atoms with Crippen molar-refractivity contribution in [2.45, 2.75) is 12.2 Å². The van der Waals surface area contributed by atoms with Crippen molar-refractivity contribution in [2.24, 2.45) is 23.7 Å². The minimum Gasteiger partial charge on any atom is -0.389 e. The highest BCUT2D eigenvalue weighted by atomic mass is 16.3. The molecule has 0 aromatic rings. The molecule has 3 aliphatic carbocycles. The Balaban J connectivity index is 1.91. The molecule has 0 aromatic heterocycles. The minimum absolute atomic E-state index is 0.272. The average molecular weight is 164 g/mol. The van der Waals surface area contributed by atoms with Crippen LogP contribution in [0.15, 0.2) is 24.3 Å². The van der Waals surface area contributed by atoms with Crippen molar-refractivity contribution in [1.29, 1.82) is 0 Å². The van der Waals surface area contributed by atoms with E-state index in [0.717, 1.165) is 0 Å². The fourth-order valence-electron chi connectivity index (χ4n) is 3.05. The fraction of sp³-hybridized carbons (Fsp3) is 0.600. The summed E-state index contributed by atoms with van der Waals surface area (Å²) in [6.45, 7) is 0. The third kappa shape index (κ3) is 0.595. The van der Waals surface area contributed by atoms with Crippen molar-refractivity contribution >= 4 is 0 Å². The maximum Gasteiger partial charge on any atom is 0.0760 e. The molecular formula is C10H12O2. The van der Waals surface area contributed by atoms with Crippen LogP contribution >= 0.6 is 0 Å². The molecule has 0 aliphatic heterocycles. The lowest BCUT2D eigenvalue weighted by Crippen LogP contribution is -2.49. The van der Waals surface area contributed by atoms with Crippen LogP contribution in [0.5, 0.6) is 0 Å². The minimum atomic E-state index is -0.272. The van der Waals surface area contributed by atoms with Crippen molar-refractivity contribution in [3.8, 4) is 0 Å². The second-order valence-corrected chi connectivity index (χ2v) is 4.06. The molecule has 0 heterocycles. The Hall–Kier alpha value is -0.600. The standard InChI is InChI=1S/C10H12O2/c11-7-3-1-5-9(7)6-2-4-8(12)10(5)6/h1-12H. The van der Waals surface area contributed by atoms with E-state index in [1.807, 2.05) is 12.2 Å². The number of fused-ring (bicyclic) bond motifs is 4. The van der Waals surface area contributed by atoms with E-state index in [9.17, 15) is 10.2 Å². The first-order valence-electron chi connectivity index (χ1n) is 4.52. The molecule has 0 atom stereocenters. The first-order valence-corrected chi connectivity index (χ1v) is 4.52. The molecule has 64 valence electrons. The van der Waals surface area contributed by atoms with E-state index in [0.29, 0.717) is 23.7 Å². The molecule has 1 fully saturated rings. The highest BCUT2D eigenvalue weighted by Crippen LogP contribution is 2.56. The second kappa shape index (κ2) is 2.01. The highest BCUT2D eigenvalue weighted by Gasteiger charge is 2.56. The van der Waals surface area contributed by atoms with Gasteiger partial charge in [0.05, 0.1) is 12.2 Å². The van der Waals surface area contributed by atoms with Gasteiger partial charge in [-0.1, -0.05) is 24.3 Å². The quantitative estimate of drug-likeness (QED) is 0.506. The van der Waals surface area contributed by atoms with Gasteiger partial charge >= 0.3 is 0 Å². The van der Waals surface area contributed by atoms with E-state index in [1.165, 1.54) is 0 Å². The summed E-state index contributed by atoms with van der Waals surface area (Å²) in [6, 6.07) is 0. The van der Waals surface area contributed by atoms with Crippen LogP contribution in [0.1, 0.15) is 0 Å². The van der Waals surface area contributed by atoms with Crippen molar-refractivity contribution in [1.82, 2.24) is 0 Å². The molecule has 0 aromatic carbocycles. The Bertz CT molecular complexity index is 233. The molecule has 3 rings (SSSR count). The summed E-state index contributed by atoms with van der Waals surface area (Å²) in [5.41, 5.74) is 0. The molecule has 2 heteroatoms. The van der Waals surface area contributed by atoms with Crippen LogP contribution in [0.25, 0.3) is 0 Å². The zero-order valence-electron chi connectivity index (χ0n) is 6.67. The van der Waals surface area contributed by atoms with Gasteiger partial charge < -0.3 is 10.2 Å². The molecule has 0 spiro atoms. The monoisotopic (exact) mass is 164 g/mol. The molecule has 0 bridgehead atoms. The van der Waals surface area contributed by atoms with Crippen LogP contribution in [-0.2, 0) is 0 Å². The third-order valence-corrected chi connectivity index (χ3v) is 3.63. The lowest BCUT2D eigenvalue weighted by Gasteiger charge is -2.47. The highest BCUT2D eigenvalue weighted by molar-refractivity contribution is 5.28. The van der Waals surface area contributed by atoms with Crippen LogP contribution < -0.4 is 0 Å². The molecule has 0 unspecified atom stereocenters. The third-order valence-electron chi connectivity index (χ3n) is 3.63. The maximum absolute atomic E-state index is 9.55. The van der Waals surface area contributed by atoms with Gasteiger partial charge in [-0.3, -0.25) is 0 Å². The molecule has 3 aliphatic rings. The lowest BCUT2D eigenvalue weighted by molar-refractivity contribution is -0.0521. The number of allylic oxidation sites excluding steroid dienone is 2. The molecule has 12 heavy (non-hydrogen) atoms. The predicted molar refractivity (Wildman–Crippen MR) is 44.3 cm³/mol. The molecule has 0 radical (unpaired) electrons. The van der Waals surface area contributed by atoms with E-state index in [-0.39, 0.29) is 12.2 Å². The van der Waals surface area contributed by atoms with Crippen molar-refractivity contribution < 1.29 is 10.2 Å².